The highest BCUT2D eigenvalue weighted by atomic mass is 15.1. The maximum atomic E-state index is 4.45. The van der Waals surface area contributed by atoms with Crippen molar-refractivity contribution in [1.82, 2.24) is 9.97 Å². The van der Waals surface area contributed by atoms with Gasteiger partial charge in [-0.05, 0) is 39.0 Å². The molecule has 2 N–H and O–H groups in total. The van der Waals surface area contributed by atoms with Crippen LogP contribution in [-0.2, 0) is 6.42 Å². The molecule has 0 spiro atoms. The van der Waals surface area contributed by atoms with Crippen LogP contribution in [0, 0.1) is 5.41 Å². The molecule has 0 fully saturated rings. The van der Waals surface area contributed by atoms with Gasteiger partial charge in [-0.3, -0.25) is 0 Å². The van der Waals surface area contributed by atoms with Crippen molar-refractivity contribution in [3.63, 3.8) is 0 Å². The molecule has 0 saturated heterocycles. The van der Waals surface area contributed by atoms with E-state index in [1.807, 2.05) is 0 Å². The Morgan fingerprint density at radius 1 is 1.00 bits per heavy atom. The van der Waals surface area contributed by atoms with E-state index in [-0.39, 0.29) is 11.0 Å². The lowest BCUT2D eigenvalue weighted by atomic mass is 9.82. The molecule has 0 radical (unpaired) electrons. The fraction of sp³-hybridized carbons (Fsp3) is 0.750. The quantitative estimate of drug-likeness (QED) is 0.822. The van der Waals surface area contributed by atoms with E-state index in [1.165, 1.54) is 0 Å². The van der Waals surface area contributed by atoms with Crippen LogP contribution in [0.5, 0.6) is 0 Å². The van der Waals surface area contributed by atoms with E-state index < -0.39 is 0 Å². The molecule has 20 heavy (non-hydrogen) atoms. The first kappa shape index (κ1) is 16.7. The third-order valence-corrected chi connectivity index (χ3v) is 3.07. The van der Waals surface area contributed by atoms with Gasteiger partial charge in [0, 0.05) is 17.6 Å². The fourth-order valence-electron chi connectivity index (χ4n) is 2.87. The first-order chi connectivity index (χ1) is 9.18. The summed E-state index contributed by atoms with van der Waals surface area (Å²) in [7, 11) is 0. The van der Waals surface area contributed by atoms with E-state index in [1.54, 1.807) is 6.33 Å². The highest BCUT2D eigenvalue weighted by Gasteiger charge is 2.26. The summed E-state index contributed by atoms with van der Waals surface area (Å²) in [5, 5.41) is 6.91. The Bertz CT molecular complexity index is 433. The molecule has 114 valence electrons. The van der Waals surface area contributed by atoms with Crippen molar-refractivity contribution in [3.8, 4) is 0 Å². The Hall–Kier alpha value is -1.32. The molecule has 0 unspecified atom stereocenters. The minimum Gasteiger partial charge on any atom is -0.370 e. The first-order valence-corrected chi connectivity index (χ1v) is 7.54. The third kappa shape index (κ3) is 4.99. The van der Waals surface area contributed by atoms with Gasteiger partial charge in [0.25, 0.3) is 0 Å². The van der Waals surface area contributed by atoms with E-state index in [9.17, 15) is 0 Å². The van der Waals surface area contributed by atoms with Crippen molar-refractivity contribution >= 4 is 11.6 Å². The minimum atomic E-state index is 0.00000791. The zero-order chi connectivity index (χ0) is 15.4. The van der Waals surface area contributed by atoms with Crippen LogP contribution >= 0.6 is 0 Å². The second-order valence-corrected chi connectivity index (χ2v) is 7.18. The summed E-state index contributed by atoms with van der Waals surface area (Å²) < 4.78 is 0. The van der Waals surface area contributed by atoms with Crippen molar-refractivity contribution < 1.29 is 0 Å². The molecule has 1 heterocycles. The Morgan fingerprint density at radius 2 is 1.60 bits per heavy atom. The lowest BCUT2D eigenvalue weighted by Crippen LogP contribution is -2.36. The Morgan fingerprint density at radius 3 is 2.10 bits per heavy atom. The van der Waals surface area contributed by atoms with Gasteiger partial charge >= 0.3 is 0 Å². The van der Waals surface area contributed by atoms with E-state index in [2.05, 4.69) is 69.1 Å². The van der Waals surface area contributed by atoms with Crippen LogP contribution in [-0.4, -0.2) is 22.1 Å². The number of hydrogen-bond donors (Lipinski definition) is 2. The molecule has 0 aliphatic rings. The monoisotopic (exact) mass is 278 g/mol. The summed E-state index contributed by atoms with van der Waals surface area (Å²) in [5.74, 6) is 1.90. The maximum absolute atomic E-state index is 4.45. The number of hydrogen-bond acceptors (Lipinski definition) is 4. The van der Waals surface area contributed by atoms with Crippen LogP contribution in [0.15, 0.2) is 6.33 Å². The van der Waals surface area contributed by atoms with Gasteiger partial charge in [0.2, 0.25) is 0 Å². The zero-order valence-electron chi connectivity index (χ0n) is 14.1. The Balaban J connectivity index is 2.99. The fourth-order valence-corrected chi connectivity index (χ4v) is 2.87. The molecule has 4 nitrogen and oxygen atoms in total. The number of nitrogens with one attached hydrogen (secondary N) is 2. The number of rotatable bonds is 6. The average Bonchev–Trinajstić information content (AvgIpc) is 2.25. The minimum absolute atomic E-state index is 0.00000791. The molecule has 0 atom stereocenters. The SMILES string of the molecule is CCNc1ncnc(NC(C)(C)CC(C)(C)C)c1CC. The van der Waals surface area contributed by atoms with Crippen LogP contribution in [0.3, 0.4) is 0 Å². The molecular weight excluding hydrogens is 248 g/mol. The van der Waals surface area contributed by atoms with Gasteiger partial charge in [0.15, 0.2) is 0 Å². The number of nitrogens with zero attached hydrogens (tertiary/aromatic N) is 2. The maximum Gasteiger partial charge on any atom is 0.135 e. The topological polar surface area (TPSA) is 49.8 Å². The molecule has 1 aromatic rings. The molecule has 1 aromatic heterocycles. The molecule has 1 rings (SSSR count). The molecule has 0 saturated carbocycles. The van der Waals surface area contributed by atoms with E-state index >= 15 is 0 Å². The molecular formula is C16H30N4. The normalized spacial score (nSPS) is 12.3. The highest BCUT2D eigenvalue weighted by molar-refractivity contribution is 5.58. The summed E-state index contributed by atoms with van der Waals surface area (Å²) >= 11 is 0. The van der Waals surface area contributed by atoms with E-state index in [0.717, 1.165) is 36.6 Å². The standard InChI is InChI=1S/C16H30N4/c1-8-12-13(17-9-2)18-11-19-14(12)20-16(6,7)10-15(3,4)5/h11H,8-10H2,1-7H3,(H2,17,18,19,20). The summed E-state index contributed by atoms with van der Waals surface area (Å²) in [6, 6.07) is 0. The van der Waals surface area contributed by atoms with Gasteiger partial charge in [0.1, 0.15) is 18.0 Å². The summed E-state index contributed by atoms with van der Waals surface area (Å²) in [5.41, 5.74) is 1.44. The molecule has 0 aliphatic carbocycles. The first-order valence-electron chi connectivity index (χ1n) is 7.54. The van der Waals surface area contributed by atoms with Gasteiger partial charge in [0.05, 0.1) is 0 Å². The second kappa shape index (κ2) is 6.42. The van der Waals surface area contributed by atoms with Crippen LogP contribution in [0.2, 0.25) is 0 Å². The Labute approximate surface area is 123 Å². The van der Waals surface area contributed by atoms with Crippen molar-refractivity contribution in [2.45, 2.75) is 66.8 Å². The average molecular weight is 278 g/mol. The van der Waals surface area contributed by atoms with Gasteiger partial charge in [-0.2, -0.15) is 0 Å². The van der Waals surface area contributed by atoms with Gasteiger partial charge in [-0.15, -0.1) is 0 Å². The van der Waals surface area contributed by atoms with Crippen molar-refractivity contribution in [2.75, 3.05) is 17.2 Å². The molecule has 0 amide bonds. The number of aromatic nitrogens is 2. The van der Waals surface area contributed by atoms with Crippen molar-refractivity contribution in [2.24, 2.45) is 5.41 Å². The third-order valence-electron chi connectivity index (χ3n) is 3.07. The molecule has 0 bridgehead atoms. The van der Waals surface area contributed by atoms with E-state index in [0.29, 0.717) is 0 Å². The van der Waals surface area contributed by atoms with Gasteiger partial charge < -0.3 is 10.6 Å². The van der Waals surface area contributed by atoms with Crippen LogP contribution < -0.4 is 10.6 Å². The van der Waals surface area contributed by atoms with Crippen molar-refractivity contribution in [1.29, 1.82) is 0 Å². The molecule has 4 heteroatoms. The molecule has 0 aromatic carbocycles. The highest BCUT2D eigenvalue weighted by Crippen LogP contribution is 2.31. The largest absolute Gasteiger partial charge is 0.370 e. The van der Waals surface area contributed by atoms with Gasteiger partial charge in [-0.1, -0.05) is 27.7 Å². The van der Waals surface area contributed by atoms with Crippen LogP contribution in [0.25, 0.3) is 0 Å². The number of anilines is 2. The van der Waals surface area contributed by atoms with Crippen LogP contribution in [0.1, 0.15) is 60.5 Å². The van der Waals surface area contributed by atoms with E-state index in [4.69, 9.17) is 0 Å². The smallest absolute Gasteiger partial charge is 0.135 e. The van der Waals surface area contributed by atoms with Crippen molar-refractivity contribution in [3.05, 3.63) is 11.9 Å². The predicted molar refractivity (Wildman–Crippen MR) is 87.3 cm³/mol. The molecule has 0 aliphatic heterocycles. The van der Waals surface area contributed by atoms with Gasteiger partial charge in [-0.25, -0.2) is 9.97 Å². The second-order valence-electron chi connectivity index (χ2n) is 7.18. The summed E-state index contributed by atoms with van der Waals surface area (Å²) in [6.07, 6.45) is 3.62. The summed E-state index contributed by atoms with van der Waals surface area (Å²) in [6.45, 7) is 16.3. The lowest BCUT2D eigenvalue weighted by Gasteiger charge is -2.34. The van der Waals surface area contributed by atoms with Crippen LogP contribution in [0.4, 0.5) is 11.6 Å². The Kier molecular flexibility index (Phi) is 5.37. The summed E-state index contributed by atoms with van der Waals surface area (Å²) in [4.78, 5) is 8.79. The lowest BCUT2D eigenvalue weighted by molar-refractivity contribution is 0.302. The predicted octanol–water partition coefficient (Wildman–Crippen LogP) is 4.10. The zero-order valence-corrected chi connectivity index (χ0v) is 14.1.